The van der Waals surface area contributed by atoms with Gasteiger partial charge in [0.05, 0.1) is 23.4 Å². The van der Waals surface area contributed by atoms with Crippen molar-refractivity contribution >= 4 is 23.2 Å². The van der Waals surface area contributed by atoms with Crippen LogP contribution in [-0.2, 0) is 4.84 Å². The number of hydrogen-bond acceptors (Lipinski definition) is 7. The molecule has 0 saturated carbocycles. The number of nitrogens with one attached hydrogen (secondary N) is 3. The molecule has 8 nitrogen and oxygen atoms in total. The Labute approximate surface area is 172 Å². The van der Waals surface area contributed by atoms with E-state index in [0.717, 1.165) is 5.69 Å². The Morgan fingerprint density at radius 2 is 2.00 bits per heavy atom. The van der Waals surface area contributed by atoms with Gasteiger partial charge in [0.1, 0.15) is 17.5 Å². The van der Waals surface area contributed by atoms with E-state index in [4.69, 9.17) is 4.84 Å². The van der Waals surface area contributed by atoms with Gasteiger partial charge in [-0.25, -0.2) is 20.4 Å². The second-order valence-corrected chi connectivity index (χ2v) is 7.31. The molecule has 8 heteroatoms. The van der Waals surface area contributed by atoms with E-state index in [0.29, 0.717) is 35.3 Å². The molecule has 2 rings (SSSR count). The largest absolute Gasteiger partial charge is 0.375 e. The van der Waals surface area contributed by atoms with Crippen molar-refractivity contribution in [3.05, 3.63) is 48.1 Å². The molecule has 1 unspecified atom stereocenters. The van der Waals surface area contributed by atoms with E-state index in [1.807, 2.05) is 32.9 Å². The van der Waals surface area contributed by atoms with Crippen molar-refractivity contribution in [3.8, 4) is 0 Å². The number of hydroxylamine groups is 1. The molecule has 0 aliphatic heterocycles. The van der Waals surface area contributed by atoms with Crippen LogP contribution in [0.1, 0.15) is 49.6 Å². The van der Waals surface area contributed by atoms with Gasteiger partial charge in [-0.05, 0) is 33.6 Å². The van der Waals surface area contributed by atoms with E-state index in [1.54, 1.807) is 13.0 Å². The molecule has 0 aliphatic carbocycles. The van der Waals surface area contributed by atoms with E-state index in [9.17, 15) is 4.79 Å². The zero-order valence-corrected chi connectivity index (χ0v) is 18.0. The van der Waals surface area contributed by atoms with Gasteiger partial charge in [-0.1, -0.05) is 19.9 Å². The first-order valence-electron chi connectivity index (χ1n) is 9.61. The maximum atomic E-state index is 12.5. The number of amides is 1. The number of carbonyl (C=O) groups is 1. The number of hydrogen-bond donors (Lipinski definition) is 3. The molecule has 2 heterocycles. The molecule has 156 valence electrons. The summed E-state index contributed by atoms with van der Waals surface area (Å²) in [6.07, 6.45) is 3.34. The SMILES string of the molecule is C=CC(C)(Nc1cc(Nc2cc(C)nc(C)n2)ncc1C(=O)NOCC)C(C)C. The van der Waals surface area contributed by atoms with Crippen LogP contribution >= 0.6 is 0 Å². The van der Waals surface area contributed by atoms with Crippen LogP contribution in [0.3, 0.4) is 0 Å². The lowest BCUT2D eigenvalue weighted by Gasteiger charge is -2.33. The third-order valence-electron chi connectivity index (χ3n) is 4.71. The molecule has 1 amide bonds. The van der Waals surface area contributed by atoms with E-state index in [-0.39, 0.29) is 11.8 Å². The topological polar surface area (TPSA) is 101 Å². The Balaban J connectivity index is 2.42. The Morgan fingerprint density at radius 3 is 2.59 bits per heavy atom. The fourth-order valence-electron chi connectivity index (χ4n) is 2.63. The average molecular weight is 399 g/mol. The molecule has 0 aromatic carbocycles. The van der Waals surface area contributed by atoms with Crippen molar-refractivity contribution in [2.45, 2.75) is 47.1 Å². The highest BCUT2D eigenvalue weighted by molar-refractivity contribution is 5.99. The minimum Gasteiger partial charge on any atom is -0.375 e. The Kier molecular flexibility index (Phi) is 7.28. The predicted molar refractivity (Wildman–Crippen MR) is 115 cm³/mol. The summed E-state index contributed by atoms with van der Waals surface area (Å²) in [5, 5.41) is 6.61. The van der Waals surface area contributed by atoms with Gasteiger partial charge in [-0.3, -0.25) is 9.63 Å². The Morgan fingerprint density at radius 1 is 1.28 bits per heavy atom. The van der Waals surface area contributed by atoms with Gasteiger partial charge in [-0.2, -0.15) is 0 Å². The van der Waals surface area contributed by atoms with E-state index < -0.39 is 5.54 Å². The van der Waals surface area contributed by atoms with Crippen molar-refractivity contribution in [1.82, 2.24) is 20.4 Å². The highest BCUT2D eigenvalue weighted by atomic mass is 16.6. The third kappa shape index (κ3) is 5.74. The number of aryl methyl sites for hydroxylation is 2. The van der Waals surface area contributed by atoms with E-state index in [1.165, 1.54) is 6.20 Å². The summed E-state index contributed by atoms with van der Waals surface area (Å²) in [4.78, 5) is 30.6. The second kappa shape index (κ2) is 9.47. The first kappa shape index (κ1) is 22.3. The van der Waals surface area contributed by atoms with Crippen LogP contribution in [0, 0.1) is 19.8 Å². The van der Waals surface area contributed by atoms with Crippen molar-refractivity contribution in [2.75, 3.05) is 17.2 Å². The zero-order valence-electron chi connectivity index (χ0n) is 18.0. The lowest BCUT2D eigenvalue weighted by Crippen LogP contribution is -2.39. The number of pyridine rings is 1. The van der Waals surface area contributed by atoms with Crippen molar-refractivity contribution in [2.24, 2.45) is 5.92 Å². The summed E-state index contributed by atoms with van der Waals surface area (Å²) in [7, 11) is 0. The summed E-state index contributed by atoms with van der Waals surface area (Å²) in [5.41, 5.74) is 3.82. The fourth-order valence-corrected chi connectivity index (χ4v) is 2.63. The molecular formula is C21H30N6O2. The van der Waals surface area contributed by atoms with Crippen LogP contribution in [0.2, 0.25) is 0 Å². The fraction of sp³-hybridized carbons (Fsp3) is 0.429. The zero-order chi connectivity index (χ0) is 21.6. The van der Waals surface area contributed by atoms with Crippen LogP contribution < -0.4 is 16.1 Å². The Hall–Kier alpha value is -3.00. The number of aromatic nitrogens is 3. The first-order valence-corrected chi connectivity index (χ1v) is 9.61. The number of nitrogens with zero attached hydrogens (tertiary/aromatic N) is 3. The summed E-state index contributed by atoms with van der Waals surface area (Å²) < 4.78 is 0. The number of carbonyl (C=O) groups excluding carboxylic acids is 1. The highest BCUT2D eigenvalue weighted by Gasteiger charge is 2.27. The van der Waals surface area contributed by atoms with Gasteiger partial charge in [-0.15, -0.1) is 6.58 Å². The van der Waals surface area contributed by atoms with E-state index >= 15 is 0 Å². The molecule has 0 fully saturated rings. The smallest absolute Gasteiger partial charge is 0.278 e. The number of rotatable bonds is 9. The van der Waals surface area contributed by atoms with Gasteiger partial charge < -0.3 is 10.6 Å². The average Bonchev–Trinajstić information content (AvgIpc) is 2.65. The van der Waals surface area contributed by atoms with Crippen molar-refractivity contribution in [1.29, 1.82) is 0 Å². The second-order valence-electron chi connectivity index (χ2n) is 7.31. The number of anilines is 3. The molecule has 2 aromatic rings. The van der Waals surface area contributed by atoms with E-state index in [2.05, 4.69) is 51.5 Å². The summed E-state index contributed by atoms with van der Waals surface area (Å²) in [6.45, 7) is 16.0. The summed E-state index contributed by atoms with van der Waals surface area (Å²) in [6, 6.07) is 3.61. The maximum Gasteiger partial charge on any atom is 0.278 e. The van der Waals surface area contributed by atoms with Crippen LogP contribution in [0.4, 0.5) is 17.3 Å². The lowest BCUT2D eigenvalue weighted by atomic mass is 9.88. The van der Waals surface area contributed by atoms with Gasteiger partial charge in [0, 0.05) is 24.0 Å². The Bertz CT molecular complexity index is 863. The van der Waals surface area contributed by atoms with Crippen LogP contribution in [0.5, 0.6) is 0 Å². The molecular weight excluding hydrogens is 368 g/mol. The molecule has 29 heavy (non-hydrogen) atoms. The summed E-state index contributed by atoms with van der Waals surface area (Å²) in [5.74, 6) is 1.71. The summed E-state index contributed by atoms with van der Waals surface area (Å²) >= 11 is 0. The van der Waals surface area contributed by atoms with Crippen molar-refractivity contribution < 1.29 is 9.63 Å². The van der Waals surface area contributed by atoms with Gasteiger partial charge in [0.25, 0.3) is 5.91 Å². The minimum atomic E-state index is -0.429. The normalized spacial score (nSPS) is 12.9. The monoisotopic (exact) mass is 398 g/mol. The molecule has 0 saturated heterocycles. The van der Waals surface area contributed by atoms with Gasteiger partial charge in [0.2, 0.25) is 0 Å². The van der Waals surface area contributed by atoms with Gasteiger partial charge in [0.15, 0.2) is 0 Å². The minimum absolute atomic E-state index is 0.236. The highest BCUT2D eigenvalue weighted by Crippen LogP contribution is 2.28. The molecule has 0 radical (unpaired) electrons. The third-order valence-corrected chi connectivity index (χ3v) is 4.71. The molecule has 1 atom stereocenters. The predicted octanol–water partition coefficient (Wildman–Crippen LogP) is 3.93. The molecule has 2 aromatic heterocycles. The molecule has 0 bridgehead atoms. The molecule has 0 aliphatic rings. The molecule has 0 spiro atoms. The first-order chi connectivity index (χ1) is 13.7. The lowest BCUT2D eigenvalue weighted by molar-refractivity contribution is 0.0365. The maximum absolute atomic E-state index is 12.5. The quantitative estimate of drug-likeness (QED) is 0.435. The van der Waals surface area contributed by atoms with Crippen molar-refractivity contribution in [3.63, 3.8) is 0 Å². The standard InChI is InChI=1S/C21H30N6O2/c1-8-21(7,13(3)4)26-17-11-18(22-12-16(17)20(28)27-29-9-2)25-19-10-14(5)23-15(6)24-19/h8,10-13H,1,9H2,2-7H3,(H,27,28)(H2,22,23,24,25,26). The van der Waals surface area contributed by atoms with Gasteiger partial charge >= 0.3 is 0 Å². The van der Waals surface area contributed by atoms with Crippen LogP contribution in [-0.4, -0.2) is 33.0 Å². The van der Waals surface area contributed by atoms with Crippen LogP contribution in [0.25, 0.3) is 0 Å². The molecule has 3 N–H and O–H groups in total. The van der Waals surface area contributed by atoms with Crippen LogP contribution in [0.15, 0.2) is 31.0 Å².